The van der Waals surface area contributed by atoms with E-state index in [1.54, 1.807) is 12.1 Å². The van der Waals surface area contributed by atoms with Gasteiger partial charge in [0.1, 0.15) is 6.04 Å². The van der Waals surface area contributed by atoms with Crippen molar-refractivity contribution in [3.63, 3.8) is 0 Å². The molecule has 1 aromatic carbocycles. The molecular formula is C22H31ClN2O3S. The van der Waals surface area contributed by atoms with E-state index in [0.29, 0.717) is 18.0 Å². The standard InChI is InChI=1S/C22H31ClN2O3S/c1-17(2)7-6-8-18(3)14-16-25(21-9-4-5-15-24-22(21)26)29(27,28)20-12-10-19(23)11-13-20/h7,10-14,21H,4-6,8-9,15-16H2,1-3H3,(H,24,26)/t21-/m1/s1. The second kappa shape index (κ2) is 11.0. The third kappa shape index (κ3) is 6.98. The van der Waals surface area contributed by atoms with E-state index in [2.05, 4.69) is 25.2 Å². The molecule has 0 radical (unpaired) electrons. The molecule has 1 atom stereocenters. The smallest absolute Gasteiger partial charge is 0.244 e. The van der Waals surface area contributed by atoms with Crippen molar-refractivity contribution in [2.75, 3.05) is 13.1 Å². The molecule has 7 heteroatoms. The summed E-state index contributed by atoms with van der Waals surface area (Å²) in [5, 5.41) is 3.32. The van der Waals surface area contributed by atoms with Crippen LogP contribution in [-0.4, -0.2) is 37.8 Å². The van der Waals surface area contributed by atoms with Crippen molar-refractivity contribution < 1.29 is 13.2 Å². The van der Waals surface area contributed by atoms with Gasteiger partial charge in [-0.25, -0.2) is 8.42 Å². The van der Waals surface area contributed by atoms with Crippen LogP contribution in [0.15, 0.2) is 52.5 Å². The SMILES string of the molecule is CC(C)=CCCC(C)=CCN([C@@H]1CCCCNC1=O)S(=O)(=O)c1ccc(Cl)cc1. The molecule has 1 fully saturated rings. The molecule has 1 N–H and O–H groups in total. The van der Waals surface area contributed by atoms with Crippen molar-refractivity contribution in [1.82, 2.24) is 9.62 Å². The Hall–Kier alpha value is -1.63. The second-order valence-electron chi connectivity index (χ2n) is 7.70. The Morgan fingerprint density at radius 3 is 2.52 bits per heavy atom. The average molecular weight is 439 g/mol. The van der Waals surface area contributed by atoms with Crippen molar-refractivity contribution in [2.45, 2.75) is 63.8 Å². The molecule has 0 spiro atoms. The molecule has 0 aromatic heterocycles. The minimum Gasteiger partial charge on any atom is -0.355 e. The predicted molar refractivity (Wildman–Crippen MR) is 118 cm³/mol. The van der Waals surface area contributed by atoms with Gasteiger partial charge in [0.15, 0.2) is 0 Å². The van der Waals surface area contributed by atoms with Crippen molar-refractivity contribution >= 4 is 27.5 Å². The highest BCUT2D eigenvalue weighted by atomic mass is 35.5. The Morgan fingerprint density at radius 2 is 1.86 bits per heavy atom. The van der Waals surface area contributed by atoms with Crippen LogP contribution in [0.2, 0.25) is 5.02 Å². The predicted octanol–water partition coefficient (Wildman–Crippen LogP) is 4.69. The molecular weight excluding hydrogens is 408 g/mol. The summed E-state index contributed by atoms with van der Waals surface area (Å²) in [6.07, 6.45) is 8.04. The van der Waals surface area contributed by atoms with Crippen molar-refractivity contribution in [3.8, 4) is 0 Å². The number of benzene rings is 1. The summed E-state index contributed by atoms with van der Waals surface area (Å²) in [6, 6.07) is 5.38. The highest BCUT2D eigenvalue weighted by Gasteiger charge is 2.35. The van der Waals surface area contributed by atoms with E-state index in [4.69, 9.17) is 11.6 Å². The zero-order valence-corrected chi connectivity index (χ0v) is 19.0. The number of nitrogens with zero attached hydrogens (tertiary/aromatic N) is 1. The lowest BCUT2D eigenvalue weighted by Gasteiger charge is -2.28. The maximum Gasteiger partial charge on any atom is 0.244 e. The average Bonchev–Trinajstić information content (AvgIpc) is 2.86. The topological polar surface area (TPSA) is 66.5 Å². The van der Waals surface area contributed by atoms with Crippen LogP contribution in [0.4, 0.5) is 0 Å². The number of sulfonamides is 1. The number of allylic oxidation sites excluding steroid dienone is 3. The molecule has 5 nitrogen and oxygen atoms in total. The molecule has 160 valence electrons. The van der Waals surface area contributed by atoms with Gasteiger partial charge < -0.3 is 5.32 Å². The molecule has 1 aromatic rings. The summed E-state index contributed by atoms with van der Waals surface area (Å²) in [7, 11) is -3.84. The van der Waals surface area contributed by atoms with Crippen LogP contribution in [0.5, 0.6) is 0 Å². The molecule has 1 heterocycles. The summed E-state index contributed by atoms with van der Waals surface area (Å²) in [5.41, 5.74) is 2.37. The monoisotopic (exact) mass is 438 g/mol. The molecule has 1 aliphatic rings. The van der Waals surface area contributed by atoms with Gasteiger partial charge in [-0.2, -0.15) is 4.31 Å². The van der Waals surface area contributed by atoms with Crippen LogP contribution < -0.4 is 5.32 Å². The summed E-state index contributed by atoms with van der Waals surface area (Å²) in [4.78, 5) is 12.8. The van der Waals surface area contributed by atoms with E-state index < -0.39 is 16.1 Å². The summed E-state index contributed by atoms with van der Waals surface area (Å²) >= 11 is 5.92. The fraction of sp³-hybridized carbons (Fsp3) is 0.500. The lowest BCUT2D eigenvalue weighted by Crippen LogP contribution is -2.48. The highest BCUT2D eigenvalue weighted by Crippen LogP contribution is 2.24. The number of amides is 1. The molecule has 0 aliphatic carbocycles. The highest BCUT2D eigenvalue weighted by molar-refractivity contribution is 7.89. The van der Waals surface area contributed by atoms with Crippen LogP contribution >= 0.6 is 11.6 Å². The normalized spacial score (nSPS) is 18.3. The van der Waals surface area contributed by atoms with E-state index in [9.17, 15) is 13.2 Å². The number of carbonyl (C=O) groups excluding carboxylic acids is 1. The Labute approximate surface area is 179 Å². The molecule has 0 unspecified atom stereocenters. The first-order chi connectivity index (χ1) is 13.7. The maximum atomic E-state index is 13.4. The summed E-state index contributed by atoms with van der Waals surface area (Å²) in [6.45, 7) is 6.87. The largest absolute Gasteiger partial charge is 0.355 e. The van der Waals surface area contributed by atoms with Crippen LogP contribution in [0.25, 0.3) is 0 Å². The summed E-state index contributed by atoms with van der Waals surface area (Å²) < 4.78 is 28.1. The lowest BCUT2D eigenvalue weighted by molar-refractivity contribution is -0.124. The first-order valence-electron chi connectivity index (χ1n) is 10.1. The van der Waals surface area contributed by atoms with E-state index in [0.717, 1.165) is 31.3 Å². The zero-order chi connectivity index (χ0) is 21.4. The van der Waals surface area contributed by atoms with Gasteiger partial charge in [0.05, 0.1) is 4.90 Å². The van der Waals surface area contributed by atoms with Gasteiger partial charge in [-0.1, -0.05) is 34.9 Å². The maximum absolute atomic E-state index is 13.4. The number of hydrogen-bond donors (Lipinski definition) is 1. The van der Waals surface area contributed by atoms with Crippen LogP contribution in [0.3, 0.4) is 0 Å². The lowest BCUT2D eigenvalue weighted by atomic mass is 10.1. The molecule has 1 saturated heterocycles. The second-order valence-corrected chi connectivity index (χ2v) is 10.0. The molecule has 2 rings (SSSR count). The molecule has 0 saturated carbocycles. The quantitative estimate of drug-likeness (QED) is 0.598. The fourth-order valence-electron chi connectivity index (χ4n) is 3.27. The van der Waals surface area contributed by atoms with E-state index >= 15 is 0 Å². The molecule has 1 amide bonds. The Bertz CT molecular complexity index is 857. The van der Waals surface area contributed by atoms with Crippen molar-refractivity contribution in [2.24, 2.45) is 0 Å². The third-order valence-corrected chi connectivity index (χ3v) is 7.13. The van der Waals surface area contributed by atoms with Gasteiger partial charge >= 0.3 is 0 Å². The van der Waals surface area contributed by atoms with Crippen molar-refractivity contribution in [1.29, 1.82) is 0 Å². The van der Waals surface area contributed by atoms with Gasteiger partial charge in [0, 0.05) is 18.1 Å². The van der Waals surface area contributed by atoms with E-state index in [1.165, 1.54) is 22.0 Å². The third-order valence-electron chi connectivity index (χ3n) is 4.99. The van der Waals surface area contributed by atoms with Crippen LogP contribution in [0, 0.1) is 0 Å². The van der Waals surface area contributed by atoms with Gasteiger partial charge in [-0.15, -0.1) is 0 Å². The molecule has 1 aliphatic heterocycles. The van der Waals surface area contributed by atoms with Crippen LogP contribution in [0.1, 0.15) is 52.9 Å². The Morgan fingerprint density at radius 1 is 1.17 bits per heavy atom. The van der Waals surface area contributed by atoms with Gasteiger partial charge in [0.25, 0.3) is 0 Å². The van der Waals surface area contributed by atoms with Crippen LogP contribution in [-0.2, 0) is 14.8 Å². The minimum atomic E-state index is -3.84. The molecule has 29 heavy (non-hydrogen) atoms. The summed E-state index contributed by atoms with van der Waals surface area (Å²) in [5.74, 6) is -0.226. The number of nitrogens with one attached hydrogen (secondary N) is 1. The number of hydrogen-bond acceptors (Lipinski definition) is 3. The number of rotatable bonds is 8. The van der Waals surface area contributed by atoms with Gasteiger partial charge in [0.2, 0.25) is 15.9 Å². The first kappa shape index (κ1) is 23.6. The van der Waals surface area contributed by atoms with Gasteiger partial charge in [-0.3, -0.25) is 4.79 Å². The van der Waals surface area contributed by atoms with Gasteiger partial charge in [-0.05, 0) is 77.1 Å². The Balaban J connectivity index is 2.31. The van der Waals surface area contributed by atoms with E-state index in [1.807, 2.05) is 13.0 Å². The zero-order valence-electron chi connectivity index (χ0n) is 17.4. The van der Waals surface area contributed by atoms with E-state index in [-0.39, 0.29) is 17.3 Å². The Kier molecular flexibility index (Phi) is 8.93. The van der Waals surface area contributed by atoms with Crippen molar-refractivity contribution in [3.05, 3.63) is 52.6 Å². The minimum absolute atomic E-state index is 0.148. The number of halogens is 1. The fourth-order valence-corrected chi connectivity index (χ4v) is 4.95. The first-order valence-corrected chi connectivity index (χ1v) is 11.9. The molecule has 0 bridgehead atoms. The number of carbonyl (C=O) groups is 1.